The fourth-order valence-corrected chi connectivity index (χ4v) is 2.31. The van der Waals surface area contributed by atoms with Gasteiger partial charge in [0.25, 0.3) is 5.91 Å². The van der Waals surface area contributed by atoms with Crippen molar-refractivity contribution in [3.63, 3.8) is 0 Å². The van der Waals surface area contributed by atoms with Crippen molar-refractivity contribution in [1.29, 1.82) is 0 Å². The molecule has 0 bridgehead atoms. The molecule has 3 rings (SSSR count). The number of carbonyl (C=O) groups is 1. The lowest BCUT2D eigenvalue weighted by atomic mass is 10.2. The van der Waals surface area contributed by atoms with E-state index < -0.39 is 5.91 Å². The van der Waals surface area contributed by atoms with Crippen molar-refractivity contribution in [2.75, 3.05) is 17.7 Å². The van der Waals surface area contributed by atoms with Crippen molar-refractivity contribution in [1.82, 2.24) is 10.2 Å². The molecule has 0 aliphatic carbocycles. The first-order valence-electron chi connectivity index (χ1n) is 7.87. The van der Waals surface area contributed by atoms with E-state index in [1.807, 2.05) is 25.1 Å². The standard InChI is InChI=1S/C19H17FN4O2/c1-12-3-9-17(26-2)16(11-12)22-18-10-8-15(23-24-18)19(25)21-14-6-4-13(20)5-7-14/h3-11H,1-2H3,(H,21,25)(H,22,24). The molecule has 7 heteroatoms. The van der Waals surface area contributed by atoms with Crippen LogP contribution in [0.5, 0.6) is 5.75 Å². The van der Waals surface area contributed by atoms with Crippen LogP contribution in [0.25, 0.3) is 0 Å². The minimum Gasteiger partial charge on any atom is -0.495 e. The van der Waals surface area contributed by atoms with Gasteiger partial charge in [-0.3, -0.25) is 4.79 Å². The largest absolute Gasteiger partial charge is 0.495 e. The third-order valence-electron chi connectivity index (χ3n) is 3.62. The number of methoxy groups -OCH3 is 1. The molecule has 0 saturated carbocycles. The van der Waals surface area contributed by atoms with Crippen LogP contribution in [0, 0.1) is 12.7 Å². The molecule has 1 amide bonds. The van der Waals surface area contributed by atoms with E-state index in [4.69, 9.17) is 4.74 Å². The minimum absolute atomic E-state index is 0.149. The Hall–Kier alpha value is -3.48. The summed E-state index contributed by atoms with van der Waals surface area (Å²) in [6.45, 7) is 1.97. The van der Waals surface area contributed by atoms with Crippen LogP contribution in [-0.2, 0) is 0 Å². The van der Waals surface area contributed by atoms with E-state index in [1.54, 1.807) is 19.2 Å². The van der Waals surface area contributed by atoms with Crippen LogP contribution in [0.2, 0.25) is 0 Å². The summed E-state index contributed by atoms with van der Waals surface area (Å²) in [7, 11) is 1.59. The summed E-state index contributed by atoms with van der Waals surface area (Å²) in [5.74, 6) is 0.358. The van der Waals surface area contributed by atoms with Crippen LogP contribution in [0.4, 0.5) is 21.6 Å². The lowest BCUT2D eigenvalue weighted by Crippen LogP contribution is -2.14. The van der Waals surface area contributed by atoms with E-state index in [0.717, 1.165) is 11.3 Å². The normalized spacial score (nSPS) is 10.3. The van der Waals surface area contributed by atoms with Crippen LogP contribution < -0.4 is 15.4 Å². The van der Waals surface area contributed by atoms with Crippen molar-refractivity contribution in [2.45, 2.75) is 6.92 Å². The van der Waals surface area contributed by atoms with Gasteiger partial charge in [-0.25, -0.2) is 4.39 Å². The highest BCUT2D eigenvalue weighted by molar-refractivity contribution is 6.02. The quantitative estimate of drug-likeness (QED) is 0.728. The molecule has 0 aliphatic rings. The van der Waals surface area contributed by atoms with Gasteiger partial charge in [0.05, 0.1) is 12.8 Å². The molecule has 0 spiro atoms. The highest BCUT2D eigenvalue weighted by Crippen LogP contribution is 2.27. The number of aromatic nitrogens is 2. The maximum Gasteiger partial charge on any atom is 0.276 e. The molecular weight excluding hydrogens is 335 g/mol. The second-order valence-corrected chi connectivity index (χ2v) is 5.59. The number of halogens is 1. The summed E-state index contributed by atoms with van der Waals surface area (Å²) in [6.07, 6.45) is 0. The highest BCUT2D eigenvalue weighted by Gasteiger charge is 2.10. The number of ether oxygens (including phenoxy) is 1. The second kappa shape index (κ2) is 7.60. The monoisotopic (exact) mass is 352 g/mol. The minimum atomic E-state index is -0.427. The van der Waals surface area contributed by atoms with Crippen molar-refractivity contribution in [3.05, 3.63) is 71.7 Å². The van der Waals surface area contributed by atoms with Crippen molar-refractivity contribution < 1.29 is 13.9 Å². The fraction of sp³-hybridized carbons (Fsp3) is 0.105. The zero-order valence-electron chi connectivity index (χ0n) is 14.3. The van der Waals surface area contributed by atoms with E-state index in [2.05, 4.69) is 20.8 Å². The average Bonchev–Trinajstić information content (AvgIpc) is 2.64. The summed E-state index contributed by atoms with van der Waals surface area (Å²) in [5.41, 5.74) is 2.45. The summed E-state index contributed by atoms with van der Waals surface area (Å²) < 4.78 is 18.2. The van der Waals surface area contributed by atoms with Gasteiger partial charge in [0.15, 0.2) is 11.5 Å². The molecule has 0 saturated heterocycles. The zero-order chi connectivity index (χ0) is 18.5. The van der Waals surface area contributed by atoms with Gasteiger partial charge in [-0.15, -0.1) is 10.2 Å². The molecular formula is C19H17FN4O2. The number of hydrogen-bond donors (Lipinski definition) is 2. The molecule has 3 aromatic rings. The lowest BCUT2D eigenvalue weighted by molar-refractivity contribution is 0.102. The first kappa shape index (κ1) is 17.3. The third-order valence-corrected chi connectivity index (χ3v) is 3.62. The number of nitrogens with zero attached hydrogens (tertiary/aromatic N) is 2. The Morgan fingerprint density at radius 2 is 1.81 bits per heavy atom. The van der Waals surface area contributed by atoms with Crippen molar-refractivity contribution in [3.8, 4) is 5.75 Å². The molecule has 0 aliphatic heterocycles. The van der Waals surface area contributed by atoms with Crippen LogP contribution >= 0.6 is 0 Å². The number of amides is 1. The van der Waals surface area contributed by atoms with Gasteiger partial charge in [-0.2, -0.15) is 0 Å². The molecule has 132 valence electrons. The Labute approximate surface area is 150 Å². The van der Waals surface area contributed by atoms with Crippen molar-refractivity contribution >= 4 is 23.1 Å². The van der Waals surface area contributed by atoms with Crippen LogP contribution in [0.1, 0.15) is 16.1 Å². The number of hydrogen-bond acceptors (Lipinski definition) is 5. The molecule has 0 fully saturated rings. The Morgan fingerprint density at radius 1 is 1.04 bits per heavy atom. The van der Waals surface area contributed by atoms with E-state index in [-0.39, 0.29) is 11.5 Å². The molecule has 1 heterocycles. The van der Waals surface area contributed by atoms with Crippen LogP contribution in [0.3, 0.4) is 0 Å². The van der Waals surface area contributed by atoms with Gasteiger partial charge in [0.2, 0.25) is 0 Å². The maximum absolute atomic E-state index is 12.9. The number of carbonyl (C=O) groups excluding carboxylic acids is 1. The summed E-state index contributed by atoms with van der Waals surface area (Å²) in [5, 5.41) is 13.7. The molecule has 6 nitrogen and oxygen atoms in total. The molecule has 0 unspecified atom stereocenters. The molecule has 0 radical (unpaired) electrons. The van der Waals surface area contributed by atoms with Gasteiger partial charge in [0, 0.05) is 5.69 Å². The van der Waals surface area contributed by atoms with Gasteiger partial charge in [0.1, 0.15) is 11.6 Å². The number of aryl methyl sites for hydroxylation is 1. The maximum atomic E-state index is 12.9. The average molecular weight is 352 g/mol. The van der Waals surface area contributed by atoms with Gasteiger partial charge < -0.3 is 15.4 Å². The van der Waals surface area contributed by atoms with E-state index >= 15 is 0 Å². The highest BCUT2D eigenvalue weighted by atomic mass is 19.1. The second-order valence-electron chi connectivity index (χ2n) is 5.59. The predicted octanol–water partition coefficient (Wildman–Crippen LogP) is 3.93. The smallest absolute Gasteiger partial charge is 0.276 e. The summed E-state index contributed by atoms with van der Waals surface area (Å²) >= 11 is 0. The summed E-state index contributed by atoms with van der Waals surface area (Å²) in [4.78, 5) is 12.2. The number of anilines is 3. The predicted molar refractivity (Wildman–Crippen MR) is 97.4 cm³/mol. The SMILES string of the molecule is COc1ccc(C)cc1Nc1ccc(C(=O)Nc2ccc(F)cc2)nn1. The fourth-order valence-electron chi connectivity index (χ4n) is 2.31. The van der Waals surface area contributed by atoms with E-state index in [1.165, 1.54) is 24.3 Å². The van der Waals surface area contributed by atoms with Crippen molar-refractivity contribution in [2.24, 2.45) is 0 Å². The molecule has 1 aromatic heterocycles. The van der Waals surface area contributed by atoms with Gasteiger partial charge >= 0.3 is 0 Å². The molecule has 26 heavy (non-hydrogen) atoms. The van der Waals surface area contributed by atoms with Gasteiger partial charge in [-0.1, -0.05) is 6.07 Å². The topological polar surface area (TPSA) is 76.1 Å². The zero-order valence-corrected chi connectivity index (χ0v) is 14.3. The van der Waals surface area contributed by atoms with E-state index in [0.29, 0.717) is 17.3 Å². The molecule has 2 N–H and O–H groups in total. The van der Waals surface area contributed by atoms with Gasteiger partial charge in [-0.05, 0) is 61.0 Å². The Balaban J connectivity index is 1.71. The molecule has 2 aromatic carbocycles. The summed E-state index contributed by atoms with van der Waals surface area (Å²) in [6, 6.07) is 14.4. The van der Waals surface area contributed by atoms with E-state index in [9.17, 15) is 9.18 Å². The number of rotatable bonds is 5. The third kappa shape index (κ3) is 4.13. The van der Waals surface area contributed by atoms with Crippen LogP contribution in [0.15, 0.2) is 54.6 Å². The Bertz CT molecular complexity index is 912. The van der Waals surface area contributed by atoms with Crippen LogP contribution in [-0.4, -0.2) is 23.2 Å². The Morgan fingerprint density at radius 3 is 2.46 bits per heavy atom. The number of nitrogens with one attached hydrogen (secondary N) is 2. The Kier molecular flexibility index (Phi) is 5.07. The molecule has 0 atom stereocenters. The first-order chi connectivity index (χ1) is 12.5. The number of benzene rings is 2. The lowest BCUT2D eigenvalue weighted by Gasteiger charge is -2.11. The first-order valence-corrected chi connectivity index (χ1v) is 7.87.